The number of hydrogen-bond acceptors (Lipinski definition) is 7. The second kappa shape index (κ2) is 6.73. The van der Waals surface area contributed by atoms with Crippen LogP contribution in [0.1, 0.15) is 33.2 Å². The number of amides is 1. The van der Waals surface area contributed by atoms with Crippen LogP contribution in [0.3, 0.4) is 0 Å². The average molecular weight is 315 g/mol. The molecule has 1 aromatic heterocycles. The van der Waals surface area contributed by atoms with Crippen LogP contribution in [-0.4, -0.2) is 28.5 Å². The van der Waals surface area contributed by atoms with Crippen LogP contribution in [-0.2, 0) is 4.74 Å². The Labute approximate surface area is 132 Å². The van der Waals surface area contributed by atoms with Gasteiger partial charge in [0.1, 0.15) is 11.4 Å². The lowest BCUT2D eigenvalue weighted by molar-refractivity contribution is 0.0526. The molecule has 0 saturated heterocycles. The third-order valence-electron chi connectivity index (χ3n) is 3.06. The van der Waals surface area contributed by atoms with Crippen molar-refractivity contribution in [3.8, 4) is 0 Å². The minimum Gasteiger partial charge on any atom is -0.462 e. The van der Waals surface area contributed by atoms with Crippen LogP contribution in [0.5, 0.6) is 0 Å². The number of carbonyl (C=O) groups excluding carboxylic acids is 2. The maximum Gasteiger partial charge on any atom is 0.343 e. The molecule has 0 aliphatic carbocycles. The number of aromatic nitrogens is 2. The third kappa shape index (κ3) is 3.73. The van der Waals surface area contributed by atoms with E-state index in [9.17, 15) is 9.59 Å². The van der Waals surface area contributed by atoms with E-state index in [1.54, 1.807) is 32.0 Å². The number of esters is 1. The van der Waals surface area contributed by atoms with E-state index in [4.69, 9.17) is 16.2 Å². The van der Waals surface area contributed by atoms with Gasteiger partial charge in [-0.2, -0.15) is 4.98 Å². The van der Waals surface area contributed by atoms with Crippen molar-refractivity contribution in [2.45, 2.75) is 13.8 Å². The number of nitrogen functional groups attached to an aromatic ring is 1. The number of nitrogens with two attached hydrogens (primary N) is 2. The largest absolute Gasteiger partial charge is 0.462 e. The zero-order valence-corrected chi connectivity index (χ0v) is 12.8. The molecule has 120 valence electrons. The van der Waals surface area contributed by atoms with Gasteiger partial charge in [0.05, 0.1) is 6.61 Å². The topological polar surface area (TPSA) is 133 Å². The quantitative estimate of drug-likeness (QED) is 0.710. The molecule has 2 rings (SSSR count). The molecule has 5 N–H and O–H groups in total. The zero-order chi connectivity index (χ0) is 17.0. The summed E-state index contributed by atoms with van der Waals surface area (Å²) < 4.78 is 4.86. The molecule has 8 heteroatoms. The van der Waals surface area contributed by atoms with E-state index in [2.05, 4.69) is 15.3 Å². The smallest absolute Gasteiger partial charge is 0.343 e. The van der Waals surface area contributed by atoms with Crippen molar-refractivity contribution in [2.75, 3.05) is 17.7 Å². The third-order valence-corrected chi connectivity index (χ3v) is 3.06. The maximum absolute atomic E-state index is 11.6. The molecular weight excluding hydrogens is 298 g/mol. The number of benzene rings is 1. The highest BCUT2D eigenvalue weighted by Crippen LogP contribution is 2.19. The molecule has 0 aliphatic heterocycles. The number of primary amides is 1. The summed E-state index contributed by atoms with van der Waals surface area (Å²) in [5.41, 5.74) is 12.9. The van der Waals surface area contributed by atoms with Gasteiger partial charge in [0.25, 0.3) is 0 Å². The summed E-state index contributed by atoms with van der Waals surface area (Å²) in [5, 5.41) is 2.94. The molecule has 0 atom stereocenters. The Hall–Kier alpha value is -3.16. The Bertz CT molecular complexity index is 761. The first-order valence-corrected chi connectivity index (χ1v) is 6.89. The van der Waals surface area contributed by atoms with Gasteiger partial charge in [0.2, 0.25) is 11.9 Å². The summed E-state index contributed by atoms with van der Waals surface area (Å²) in [4.78, 5) is 30.9. The summed E-state index contributed by atoms with van der Waals surface area (Å²) in [6, 6.07) is 5.02. The average Bonchev–Trinajstić information content (AvgIpc) is 2.47. The zero-order valence-electron chi connectivity index (χ0n) is 12.8. The fourth-order valence-corrected chi connectivity index (χ4v) is 1.97. The first-order valence-electron chi connectivity index (χ1n) is 6.89. The number of aryl methyl sites for hydroxylation is 1. The van der Waals surface area contributed by atoms with Gasteiger partial charge in [-0.1, -0.05) is 0 Å². The molecule has 0 spiro atoms. The molecule has 0 saturated carbocycles. The second-order valence-electron chi connectivity index (χ2n) is 4.73. The minimum absolute atomic E-state index is 0.0198. The van der Waals surface area contributed by atoms with E-state index in [-0.39, 0.29) is 23.9 Å². The van der Waals surface area contributed by atoms with E-state index in [0.29, 0.717) is 11.3 Å². The predicted octanol–water partition coefficient (Wildman–Crippen LogP) is 1.39. The van der Waals surface area contributed by atoms with Gasteiger partial charge in [0.15, 0.2) is 0 Å². The molecule has 1 heterocycles. The Morgan fingerprint density at radius 2 is 2.04 bits per heavy atom. The van der Waals surface area contributed by atoms with Crippen molar-refractivity contribution >= 4 is 29.3 Å². The fraction of sp³-hybridized carbons (Fsp3) is 0.200. The fourth-order valence-electron chi connectivity index (χ4n) is 1.97. The van der Waals surface area contributed by atoms with Crippen molar-refractivity contribution in [3.05, 3.63) is 41.1 Å². The van der Waals surface area contributed by atoms with Gasteiger partial charge < -0.3 is 21.5 Å². The van der Waals surface area contributed by atoms with Crippen molar-refractivity contribution in [1.82, 2.24) is 9.97 Å². The van der Waals surface area contributed by atoms with E-state index < -0.39 is 11.9 Å². The van der Waals surface area contributed by atoms with E-state index in [1.165, 1.54) is 6.20 Å². The number of carbonyl (C=O) groups is 2. The number of ether oxygens (including phenoxy) is 1. The monoisotopic (exact) mass is 315 g/mol. The first kappa shape index (κ1) is 16.2. The number of nitrogens with one attached hydrogen (secondary N) is 1. The summed E-state index contributed by atoms with van der Waals surface area (Å²) in [7, 11) is 0. The van der Waals surface area contributed by atoms with Gasteiger partial charge >= 0.3 is 5.97 Å². The second-order valence-corrected chi connectivity index (χ2v) is 4.73. The van der Waals surface area contributed by atoms with E-state index in [0.717, 1.165) is 5.56 Å². The number of hydrogen-bond donors (Lipinski definition) is 3. The van der Waals surface area contributed by atoms with Crippen LogP contribution < -0.4 is 16.8 Å². The predicted molar refractivity (Wildman–Crippen MR) is 85.4 cm³/mol. The van der Waals surface area contributed by atoms with Crippen molar-refractivity contribution < 1.29 is 14.3 Å². The number of anilines is 3. The first-order chi connectivity index (χ1) is 10.9. The summed E-state index contributed by atoms with van der Waals surface area (Å²) in [5.74, 6) is -0.820. The highest BCUT2D eigenvalue weighted by Gasteiger charge is 2.14. The molecule has 1 amide bonds. The minimum atomic E-state index is -0.571. The van der Waals surface area contributed by atoms with Crippen LogP contribution in [0.15, 0.2) is 24.4 Å². The van der Waals surface area contributed by atoms with Gasteiger partial charge in [-0.3, -0.25) is 4.79 Å². The summed E-state index contributed by atoms with van der Waals surface area (Å²) in [6.45, 7) is 3.71. The van der Waals surface area contributed by atoms with Gasteiger partial charge in [0, 0.05) is 17.4 Å². The van der Waals surface area contributed by atoms with Crippen molar-refractivity contribution in [3.63, 3.8) is 0 Å². The Balaban J connectivity index is 2.21. The molecule has 1 aromatic carbocycles. The molecule has 0 unspecified atom stereocenters. The van der Waals surface area contributed by atoms with Crippen molar-refractivity contribution in [1.29, 1.82) is 0 Å². The van der Waals surface area contributed by atoms with Gasteiger partial charge in [-0.15, -0.1) is 0 Å². The molecule has 23 heavy (non-hydrogen) atoms. The maximum atomic E-state index is 11.6. The lowest BCUT2D eigenvalue weighted by Gasteiger charge is -2.09. The van der Waals surface area contributed by atoms with Crippen LogP contribution in [0.25, 0.3) is 0 Å². The number of rotatable bonds is 5. The SMILES string of the molecule is CCOC(=O)c1cnc(Nc2ccc(C(N)=O)c(C)c2)nc1N. The van der Waals surface area contributed by atoms with Crippen LogP contribution in [0, 0.1) is 6.92 Å². The summed E-state index contributed by atoms with van der Waals surface area (Å²) >= 11 is 0. The molecule has 0 fully saturated rings. The molecule has 0 bridgehead atoms. The highest BCUT2D eigenvalue weighted by atomic mass is 16.5. The molecule has 2 aromatic rings. The van der Waals surface area contributed by atoms with Gasteiger partial charge in [-0.05, 0) is 37.6 Å². The Morgan fingerprint density at radius 1 is 1.30 bits per heavy atom. The van der Waals surface area contributed by atoms with Crippen molar-refractivity contribution in [2.24, 2.45) is 5.73 Å². The van der Waals surface area contributed by atoms with E-state index in [1.807, 2.05) is 0 Å². The number of nitrogens with zero attached hydrogens (tertiary/aromatic N) is 2. The van der Waals surface area contributed by atoms with Crippen LogP contribution >= 0.6 is 0 Å². The standard InChI is InChI=1S/C15H17N5O3/c1-3-23-14(22)11-7-18-15(20-12(11)16)19-9-4-5-10(13(17)21)8(2)6-9/h4-7H,3H2,1-2H3,(H2,17,21)(H3,16,18,19,20). The normalized spacial score (nSPS) is 10.2. The summed E-state index contributed by atoms with van der Waals surface area (Å²) in [6.07, 6.45) is 1.30. The molecule has 8 nitrogen and oxygen atoms in total. The lowest BCUT2D eigenvalue weighted by atomic mass is 10.1. The molecule has 0 radical (unpaired) electrons. The van der Waals surface area contributed by atoms with Gasteiger partial charge in [-0.25, -0.2) is 9.78 Å². The highest BCUT2D eigenvalue weighted by molar-refractivity contribution is 5.95. The van der Waals surface area contributed by atoms with Crippen LogP contribution in [0.2, 0.25) is 0 Å². The lowest BCUT2D eigenvalue weighted by Crippen LogP contribution is -2.13. The van der Waals surface area contributed by atoms with E-state index >= 15 is 0 Å². The molecule has 0 aliphatic rings. The Kier molecular flexibility index (Phi) is 4.75. The molecular formula is C15H17N5O3. The van der Waals surface area contributed by atoms with Crippen LogP contribution in [0.4, 0.5) is 17.5 Å². The Morgan fingerprint density at radius 3 is 2.61 bits per heavy atom.